The van der Waals surface area contributed by atoms with Gasteiger partial charge >= 0.3 is 0 Å². The lowest BCUT2D eigenvalue weighted by Gasteiger charge is -2.18. The number of likely N-dealkylation sites (N-methyl/N-ethyl adjacent to an activating group) is 1. The van der Waals surface area contributed by atoms with E-state index in [0.29, 0.717) is 0 Å². The van der Waals surface area contributed by atoms with Crippen LogP contribution in [0.5, 0.6) is 0 Å². The molecule has 0 heterocycles. The Morgan fingerprint density at radius 1 is 0.769 bits per heavy atom. The van der Waals surface area contributed by atoms with Gasteiger partial charge in [0, 0.05) is 6.54 Å². The van der Waals surface area contributed by atoms with Crippen LogP contribution >= 0.6 is 0 Å². The molecule has 0 aliphatic heterocycles. The van der Waals surface area contributed by atoms with E-state index in [4.69, 9.17) is 5.11 Å². The van der Waals surface area contributed by atoms with Crippen molar-refractivity contribution >= 4 is 0 Å². The van der Waals surface area contributed by atoms with Crippen molar-refractivity contribution in [2.45, 2.75) is 126 Å². The van der Waals surface area contributed by atoms with E-state index in [0.717, 1.165) is 44.7 Å². The molecule has 1 atom stereocenters. The molecule has 2 N–H and O–H groups in total. The fourth-order valence-corrected chi connectivity index (χ4v) is 1.78. The SMILES string of the molecule is C.CCC(O)CC.CCC1CC1.CCCC.CCCN(C)CC(O)CC. The summed E-state index contributed by atoms with van der Waals surface area (Å²) in [6, 6.07) is 0. The summed E-state index contributed by atoms with van der Waals surface area (Å²) >= 11 is 0. The van der Waals surface area contributed by atoms with Gasteiger partial charge < -0.3 is 15.1 Å². The Balaban J connectivity index is -0.000000131. The number of hydrogen-bond donors (Lipinski definition) is 2. The van der Waals surface area contributed by atoms with Crippen LogP contribution in [0, 0.1) is 5.92 Å². The van der Waals surface area contributed by atoms with Crippen LogP contribution in [0.4, 0.5) is 0 Å². The highest BCUT2D eigenvalue weighted by Gasteiger charge is 2.17. The van der Waals surface area contributed by atoms with E-state index >= 15 is 0 Å². The second-order valence-electron chi connectivity index (χ2n) is 7.15. The molecule has 1 rings (SSSR count). The predicted octanol–water partition coefficient (Wildman–Crippen LogP) is 6.52. The van der Waals surface area contributed by atoms with Gasteiger partial charge in [-0.2, -0.15) is 0 Å². The zero-order chi connectivity index (χ0) is 20.1. The summed E-state index contributed by atoms with van der Waals surface area (Å²) in [5.41, 5.74) is 0. The van der Waals surface area contributed by atoms with Crippen LogP contribution in [0.1, 0.15) is 114 Å². The molecular formula is C23H55NO2. The average molecular weight is 378 g/mol. The molecule has 0 aromatic rings. The highest BCUT2D eigenvalue weighted by molar-refractivity contribution is 4.69. The smallest absolute Gasteiger partial charge is 0.0664 e. The molecule has 0 aromatic heterocycles. The Morgan fingerprint density at radius 2 is 1.19 bits per heavy atom. The van der Waals surface area contributed by atoms with Crippen LogP contribution in [-0.2, 0) is 0 Å². The molecule has 0 bridgehead atoms. The van der Waals surface area contributed by atoms with Crippen molar-refractivity contribution in [3.63, 3.8) is 0 Å². The van der Waals surface area contributed by atoms with Gasteiger partial charge in [0.05, 0.1) is 12.2 Å². The summed E-state index contributed by atoms with van der Waals surface area (Å²) in [4.78, 5) is 2.16. The van der Waals surface area contributed by atoms with Crippen molar-refractivity contribution in [1.82, 2.24) is 4.90 Å². The van der Waals surface area contributed by atoms with Gasteiger partial charge in [-0.1, -0.05) is 88.0 Å². The van der Waals surface area contributed by atoms with Gasteiger partial charge in [0.25, 0.3) is 0 Å². The van der Waals surface area contributed by atoms with Crippen molar-refractivity contribution in [2.75, 3.05) is 20.1 Å². The van der Waals surface area contributed by atoms with Crippen LogP contribution in [0.2, 0.25) is 0 Å². The first-order chi connectivity index (χ1) is 11.9. The standard InChI is InChI=1S/C8H19NO.C5H12O.C5H10.C4H10.CH4/c1-4-6-9(3)7-8(10)5-2;1-3-5(6)4-2;1-2-5-3-4-5;1-3-4-2;/h8,10H,4-7H2,1-3H3;5-6H,3-4H2,1-2H3;5H,2-4H2,1H3;3-4H2,1-2H3;1H4. The zero-order valence-electron chi connectivity index (χ0n) is 18.9. The number of rotatable bonds is 9. The zero-order valence-corrected chi connectivity index (χ0v) is 18.9. The van der Waals surface area contributed by atoms with Crippen LogP contribution in [0.3, 0.4) is 0 Å². The van der Waals surface area contributed by atoms with E-state index in [1.54, 1.807) is 0 Å². The van der Waals surface area contributed by atoms with E-state index in [1.165, 1.54) is 32.1 Å². The molecular weight excluding hydrogens is 322 g/mol. The van der Waals surface area contributed by atoms with Gasteiger partial charge in [-0.15, -0.1) is 0 Å². The molecule has 1 saturated carbocycles. The van der Waals surface area contributed by atoms with Gasteiger partial charge in [-0.3, -0.25) is 0 Å². The summed E-state index contributed by atoms with van der Waals surface area (Å²) in [7, 11) is 2.04. The van der Waals surface area contributed by atoms with E-state index in [2.05, 4.69) is 32.6 Å². The number of aliphatic hydroxyl groups is 2. The van der Waals surface area contributed by atoms with E-state index in [-0.39, 0.29) is 19.6 Å². The molecule has 0 radical (unpaired) electrons. The molecule has 1 aliphatic rings. The van der Waals surface area contributed by atoms with Gasteiger partial charge in [0.2, 0.25) is 0 Å². The minimum absolute atomic E-state index is 0. The Bertz CT molecular complexity index is 214. The lowest BCUT2D eigenvalue weighted by molar-refractivity contribution is 0.122. The van der Waals surface area contributed by atoms with Crippen molar-refractivity contribution < 1.29 is 10.2 Å². The molecule has 0 spiro atoms. The van der Waals surface area contributed by atoms with Crippen LogP contribution in [0.15, 0.2) is 0 Å². The summed E-state index contributed by atoms with van der Waals surface area (Å²) in [6.45, 7) is 16.6. The maximum Gasteiger partial charge on any atom is 0.0664 e. The van der Waals surface area contributed by atoms with Crippen LogP contribution < -0.4 is 0 Å². The summed E-state index contributed by atoms with van der Waals surface area (Å²) in [6.07, 6.45) is 10.7. The van der Waals surface area contributed by atoms with Crippen molar-refractivity contribution in [3.05, 3.63) is 0 Å². The second kappa shape index (κ2) is 27.1. The van der Waals surface area contributed by atoms with E-state index < -0.39 is 0 Å². The topological polar surface area (TPSA) is 43.7 Å². The van der Waals surface area contributed by atoms with Gasteiger partial charge in [0.15, 0.2) is 0 Å². The minimum atomic E-state index is -0.142. The number of hydrogen-bond acceptors (Lipinski definition) is 3. The van der Waals surface area contributed by atoms with E-state index in [9.17, 15) is 5.11 Å². The first kappa shape index (κ1) is 33.5. The molecule has 0 amide bonds. The maximum absolute atomic E-state index is 9.21. The monoisotopic (exact) mass is 377 g/mol. The normalized spacial score (nSPS) is 13.4. The quantitative estimate of drug-likeness (QED) is 0.481. The molecule has 3 nitrogen and oxygen atoms in total. The van der Waals surface area contributed by atoms with Crippen molar-refractivity contribution in [2.24, 2.45) is 5.92 Å². The first-order valence-corrected chi connectivity index (χ1v) is 10.9. The average Bonchev–Trinajstić information content (AvgIpc) is 3.46. The van der Waals surface area contributed by atoms with Crippen LogP contribution in [-0.4, -0.2) is 47.5 Å². The molecule has 164 valence electrons. The minimum Gasteiger partial charge on any atom is -0.393 e. The number of unbranched alkanes of at least 4 members (excludes halogenated alkanes) is 1. The third-order valence-corrected chi connectivity index (χ3v) is 4.32. The van der Waals surface area contributed by atoms with E-state index in [1.807, 2.05) is 27.8 Å². The van der Waals surface area contributed by atoms with Crippen molar-refractivity contribution in [3.8, 4) is 0 Å². The fourth-order valence-electron chi connectivity index (χ4n) is 1.78. The number of aliphatic hydroxyl groups excluding tert-OH is 2. The van der Waals surface area contributed by atoms with Gasteiger partial charge in [-0.25, -0.2) is 0 Å². The third-order valence-electron chi connectivity index (χ3n) is 4.32. The lowest BCUT2D eigenvalue weighted by atomic mass is 10.2. The second-order valence-corrected chi connectivity index (χ2v) is 7.15. The third kappa shape index (κ3) is 35.1. The molecule has 3 heteroatoms. The lowest BCUT2D eigenvalue weighted by Crippen LogP contribution is -2.29. The Morgan fingerprint density at radius 3 is 1.35 bits per heavy atom. The highest BCUT2D eigenvalue weighted by Crippen LogP contribution is 2.31. The highest BCUT2D eigenvalue weighted by atomic mass is 16.3. The largest absolute Gasteiger partial charge is 0.393 e. The molecule has 1 fully saturated rings. The summed E-state index contributed by atoms with van der Waals surface area (Å²) in [5, 5.41) is 17.9. The predicted molar refractivity (Wildman–Crippen MR) is 121 cm³/mol. The molecule has 1 unspecified atom stereocenters. The Hall–Kier alpha value is -0.120. The van der Waals surface area contributed by atoms with Gasteiger partial charge in [0.1, 0.15) is 0 Å². The molecule has 0 saturated heterocycles. The Kier molecular flexibility index (Phi) is 34.9. The summed E-state index contributed by atoms with van der Waals surface area (Å²) in [5.74, 6) is 1.13. The maximum atomic E-state index is 9.21. The van der Waals surface area contributed by atoms with Crippen molar-refractivity contribution in [1.29, 1.82) is 0 Å². The number of nitrogens with zero attached hydrogens (tertiary/aromatic N) is 1. The molecule has 1 aliphatic carbocycles. The molecule has 26 heavy (non-hydrogen) atoms. The van der Waals surface area contributed by atoms with Gasteiger partial charge in [-0.05, 0) is 45.2 Å². The fraction of sp³-hybridized carbons (Fsp3) is 1.00. The first-order valence-electron chi connectivity index (χ1n) is 10.9. The van der Waals surface area contributed by atoms with Crippen LogP contribution in [0.25, 0.3) is 0 Å². The summed E-state index contributed by atoms with van der Waals surface area (Å²) < 4.78 is 0. The Labute approximate surface area is 167 Å². The molecule has 0 aromatic carbocycles.